The number of hydrogen-bond acceptors (Lipinski definition) is 5. The Kier molecular flexibility index (Phi) is 4.73. The minimum atomic E-state index is -3.55. The van der Waals surface area contributed by atoms with Gasteiger partial charge in [-0.15, -0.1) is 0 Å². The first-order valence-corrected chi connectivity index (χ1v) is 9.16. The fourth-order valence-corrected chi connectivity index (χ4v) is 4.14. The molecule has 1 fully saturated rings. The average molecular weight is 348 g/mol. The number of methoxy groups -OCH3 is 1. The molecule has 1 aliphatic rings. The molecule has 0 unspecified atom stereocenters. The maximum atomic E-state index is 12.7. The van der Waals surface area contributed by atoms with Gasteiger partial charge >= 0.3 is 0 Å². The number of benzene rings is 1. The molecule has 1 saturated heterocycles. The van der Waals surface area contributed by atoms with Gasteiger partial charge in [0, 0.05) is 24.9 Å². The standard InChI is InChI=1S/C17H20N2O4S/c1-13-6-7-17(18-11-13)23-15-8-9-19(12-15)24(20,21)16-5-3-4-14(10-16)22-2/h3-7,10-11,15H,8-9,12H2,1-2H3/t15-/m0/s1. The predicted octanol–water partition coefficient (Wildman–Crippen LogP) is 2.24. The van der Waals surface area contributed by atoms with E-state index >= 15 is 0 Å². The highest BCUT2D eigenvalue weighted by Crippen LogP contribution is 2.25. The van der Waals surface area contributed by atoms with Gasteiger partial charge in [0.2, 0.25) is 15.9 Å². The number of rotatable bonds is 5. The summed E-state index contributed by atoms with van der Waals surface area (Å²) in [6, 6.07) is 10.2. The van der Waals surface area contributed by atoms with Crippen LogP contribution in [0.3, 0.4) is 0 Å². The van der Waals surface area contributed by atoms with Crippen molar-refractivity contribution in [1.29, 1.82) is 0 Å². The van der Waals surface area contributed by atoms with Gasteiger partial charge in [-0.25, -0.2) is 13.4 Å². The van der Waals surface area contributed by atoms with Crippen molar-refractivity contribution < 1.29 is 17.9 Å². The SMILES string of the molecule is COc1cccc(S(=O)(=O)N2CC[C@H](Oc3ccc(C)cn3)C2)c1. The molecule has 1 atom stereocenters. The van der Waals surface area contributed by atoms with E-state index in [1.165, 1.54) is 17.5 Å². The van der Waals surface area contributed by atoms with Crippen LogP contribution in [0.4, 0.5) is 0 Å². The second kappa shape index (κ2) is 6.78. The Balaban J connectivity index is 1.70. The van der Waals surface area contributed by atoms with Crippen LogP contribution in [0.5, 0.6) is 11.6 Å². The van der Waals surface area contributed by atoms with E-state index in [0.717, 1.165) is 5.56 Å². The third-order valence-electron chi connectivity index (χ3n) is 3.96. The molecule has 0 N–H and O–H groups in total. The average Bonchev–Trinajstić information content (AvgIpc) is 3.06. The largest absolute Gasteiger partial charge is 0.497 e. The Morgan fingerprint density at radius 1 is 1.25 bits per heavy atom. The van der Waals surface area contributed by atoms with Crippen LogP contribution in [0.1, 0.15) is 12.0 Å². The zero-order valence-electron chi connectivity index (χ0n) is 13.7. The van der Waals surface area contributed by atoms with E-state index < -0.39 is 10.0 Å². The predicted molar refractivity (Wildman–Crippen MR) is 89.8 cm³/mol. The van der Waals surface area contributed by atoms with Gasteiger partial charge in [0.25, 0.3) is 0 Å². The van der Waals surface area contributed by atoms with E-state index in [2.05, 4.69) is 4.98 Å². The van der Waals surface area contributed by atoms with Crippen LogP contribution in [0.15, 0.2) is 47.5 Å². The first-order valence-electron chi connectivity index (χ1n) is 7.72. The molecule has 0 bridgehead atoms. The van der Waals surface area contributed by atoms with Gasteiger partial charge < -0.3 is 9.47 Å². The van der Waals surface area contributed by atoms with E-state index in [4.69, 9.17) is 9.47 Å². The lowest BCUT2D eigenvalue weighted by Gasteiger charge is -2.17. The first kappa shape index (κ1) is 16.7. The van der Waals surface area contributed by atoms with Gasteiger partial charge in [-0.2, -0.15) is 4.31 Å². The van der Waals surface area contributed by atoms with Gasteiger partial charge in [0.15, 0.2) is 0 Å². The van der Waals surface area contributed by atoms with Crippen LogP contribution in [0.2, 0.25) is 0 Å². The highest BCUT2D eigenvalue weighted by atomic mass is 32.2. The summed E-state index contributed by atoms with van der Waals surface area (Å²) in [6.07, 6.45) is 2.17. The van der Waals surface area contributed by atoms with E-state index in [-0.39, 0.29) is 11.0 Å². The minimum Gasteiger partial charge on any atom is -0.497 e. The quantitative estimate of drug-likeness (QED) is 0.829. The van der Waals surface area contributed by atoms with Crippen LogP contribution >= 0.6 is 0 Å². The normalized spacial score (nSPS) is 18.5. The van der Waals surface area contributed by atoms with E-state index in [1.54, 1.807) is 30.5 Å². The summed E-state index contributed by atoms with van der Waals surface area (Å²) < 4.78 is 37.8. The summed E-state index contributed by atoms with van der Waals surface area (Å²) in [4.78, 5) is 4.44. The number of pyridine rings is 1. The summed E-state index contributed by atoms with van der Waals surface area (Å²) in [6.45, 7) is 2.69. The smallest absolute Gasteiger partial charge is 0.243 e. The van der Waals surface area contributed by atoms with Gasteiger partial charge in [-0.1, -0.05) is 12.1 Å². The highest BCUT2D eigenvalue weighted by Gasteiger charge is 2.34. The van der Waals surface area contributed by atoms with Crippen molar-refractivity contribution in [3.8, 4) is 11.6 Å². The summed E-state index contributed by atoms with van der Waals surface area (Å²) >= 11 is 0. The number of aromatic nitrogens is 1. The molecule has 128 valence electrons. The topological polar surface area (TPSA) is 68.7 Å². The van der Waals surface area contributed by atoms with Crippen LogP contribution in [-0.2, 0) is 10.0 Å². The van der Waals surface area contributed by atoms with Crippen molar-refractivity contribution >= 4 is 10.0 Å². The zero-order chi connectivity index (χ0) is 17.2. The third kappa shape index (κ3) is 3.52. The number of sulfonamides is 1. The van der Waals surface area contributed by atoms with E-state index in [1.807, 2.05) is 13.0 Å². The van der Waals surface area contributed by atoms with Gasteiger partial charge in [0.1, 0.15) is 11.9 Å². The number of ether oxygens (including phenoxy) is 2. The molecule has 24 heavy (non-hydrogen) atoms. The molecule has 0 spiro atoms. The van der Waals surface area contributed by atoms with Gasteiger partial charge in [-0.3, -0.25) is 0 Å². The minimum absolute atomic E-state index is 0.194. The number of nitrogens with zero attached hydrogens (tertiary/aromatic N) is 2. The summed E-state index contributed by atoms with van der Waals surface area (Å²) in [5.74, 6) is 1.04. The molecule has 0 aliphatic carbocycles. The van der Waals surface area contributed by atoms with Crippen LogP contribution in [0, 0.1) is 6.92 Å². The molecule has 3 rings (SSSR count). The Morgan fingerprint density at radius 3 is 2.79 bits per heavy atom. The van der Waals surface area contributed by atoms with Crippen molar-refractivity contribution in [1.82, 2.24) is 9.29 Å². The lowest BCUT2D eigenvalue weighted by Crippen LogP contribution is -2.31. The van der Waals surface area contributed by atoms with Gasteiger partial charge in [-0.05, 0) is 31.0 Å². The second-order valence-electron chi connectivity index (χ2n) is 5.74. The molecule has 0 amide bonds. The summed E-state index contributed by atoms with van der Waals surface area (Å²) in [7, 11) is -2.04. The molecule has 7 heteroatoms. The van der Waals surface area contributed by atoms with Gasteiger partial charge in [0.05, 0.1) is 18.6 Å². The van der Waals surface area contributed by atoms with E-state index in [9.17, 15) is 8.42 Å². The fourth-order valence-electron chi connectivity index (χ4n) is 2.62. The monoisotopic (exact) mass is 348 g/mol. The van der Waals surface area contributed by atoms with Crippen molar-refractivity contribution in [3.63, 3.8) is 0 Å². The van der Waals surface area contributed by atoms with Crippen molar-refractivity contribution in [2.24, 2.45) is 0 Å². The molecular weight excluding hydrogens is 328 g/mol. The maximum absolute atomic E-state index is 12.7. The van der Waals surface area contributed by atoms with Crippen LogP contribution in [-0.4, -0.2) is 44.0 Å². The molecule has 2 heterocycles. The third-order valence-corrected chi connectivity index (χ3v) is 5.82. The van der Waals surface area contributed by atoms with Crippen molar-refractivity contribution in [2.45, 2.75) is 24.3 Å². The Bertz CT molecular complexity index is 806. The molecular formula is C17H20N2O4S. The highest BCUT2D eigenvalue weighted by molar-refractivity contribution is 7.89. The van der Waals surface area contributed by atoms with Crippen molar-refractivity contribution in [2.75, 3.05) is 20.2 Å². The van der Waals surface area contributed by atoms with E-state index in [0.29, 0.717) is 31.1 Å². The fraction of sp³-hybridized carbons (Fsp3) is 0.353. The van der Waals surface area contributed by atoms with Crippen LogP contribution < -0.4 is 9.47 Å². The van der Waals surface area contributed by atoms with Crippen LogP contribution in [0.25, 0.3) is 0 Å². The zero-order valence-corrected chi connectivity index (χ0v) is 14.5. The molecule has 2 aromatic rings. The molecule has 1 aromatic carbocycles. The molecule has 0 radical (unpaired) electrons. The number of hydrogen-bond donors (Lipinski definition) is 0. The summed E-state index contributed by atoms with van der Waals surface area (Å²) in [5.41, 5.74) is 1.05. The Labute approximate surface area is 142 Å². The molecule has 6 nitrogen and oxygen atoms in total. The number of aryl methyl sites for hydroxylation is 1. The lowest BCUT2D eigenvalue weighted by atomic mass is 10.3. The molecule has 1 aromatic heterocycles. The Hall–Kier alpha value is -2.12. The lowest BCUT2D eigenvalue weighted by molar-refractivity contribution is 0.207. The molecule has 1 aliphatic heterocycles. The second-order valence-corrected chi connectivity index (χ2v) is 7.68. The molecule has 0 saturated carbocycles. The Morgan fingerprint density at radius 2 is 2.08 bits per heavy atom. The summed E-state index contributed by atoms with van der Waals surface area (Å²) in [5, 5.41) is 0. The maximum Gasteiger partial charge on any atom is 0.243 e. The van der Waals surface area contributed by atoms with Crippen molar-refractivity contribution in [3.05, 3.63) is 48.2 Å². The first-order chi connectivity index (χ1) is 11.5.